The number of thioether (sulfide) groups is 1. The van der Waals surface area contributed by atoms with Crippen molar-refractivity contribution < 1.29 is 28.5 Å². The second kappa shape index (κ2) is 15.2. The first-order valence-electron chi connectivity index (χ1n) is 13.5. The topological polar surface area (TPSA) is 152 Å². The van der Waals surface area contributed by atoms with Crippen molar-refractivity contribution in [3.05, 3.63) is 52.8 Å². The van der Waals surface area contributed by atoms with Crippen molar-refractivity contribution in [2.75, 3.05) is 38.0 Å². The first-order chi connectivity index (χ1) is 20.9. The van der Waals surface area contributed by atoms with Crippen LogP contribution in [0.4, 0.5) is 5.13 Å². The lowest BCUT2D eigenvalue weighted by molar-refractivity contribution is -0.113. The van der Waals surface area contributed by atoms with Gasteiger partial charge in [-0.05, 0) is 52.0 Å². The zero-order valence-corrected chi connectivity index (χ0v) is 26.1. The van der Waals surface area contributed by atoms with Gasteiger partial charge in [0.2, 0.25) is 16.8 Å². The number of aromatic nitrogens is 5. The highest BCUT2D eigenvalue weighted by Gasteiger charge is 2.22. The number of nitrogens with one attached hydrogen (secondary N) is 2. The lowest BCUT2D eigenvalue weighted by Crippen LogP contribution is -2.25. The molecule has 0 radical (unpaired) electrons. The molecule has 0 bridgehead atoms. The second-order valence-corrected chi connectivity index (χ2v) is 10.8. The number of hydrogen-bond acceptors (Lipinski definition) is 12. The van der Waals surface area contributed by atoms with Crippen molar-refractivity contribution in [1.29, 1.82) is 0 Å². The maximum atomic E-state index is 13.4. The minimum atomic E-state index is -0.375. The van der Waals surface area contributed by atoms with Crippen LogP contribution < -0.4 is 29.6 Å². The summed E-state index contributed by atoms with van der Waals surface area (Å²) in [4.78, 5) is 26.0. The largest absolute Gasteiger partial charge is 0.495 e. The first-order valence-corrected chi connectivity index (χ1v) is 15.3. The number of amides is 2. The molecule has 2 aromatic heterocycles. The molecule has 0 saturated carbocycles. The monoisotopic (exact) mass is 627 g/mol. The van der Waals surface area contributed by atoms with E-state index in [1.165, 1.54) is 23.1 Å². The van der Waals surface area contributed by atoms with Gasteiger partial charge in [0, 0.05) is 5.56 Å². The number of nitrogens with zero attached hydrogens (tertiary/aromatic N) is 5. The average Bonchev–Trinajstić information content (AvgIpc) is 3.61. The van der Waals surface area contributed by atoms with Crippen molar-refractivity contribution >= 4 is 40.0 Å². The molecule has 0 atom stereocenters. The first kappa shape index (κ1) is 31.6. The molecule has 0 fully saturated rings. The van der Waals surface area contributed by atoms with E-state index in [0.29, 0.717) is 70.2 Å². The van der Waals surface area contributed by atoms with Gasteiger partial charge in [0.05, 0.1) is 44.9 Å². The average molecular weight is 628 g/mol. The quantitative estimate of drug-likeness (QED) is 0.182. The van der Waals surface area contributed by atoms with Gasteiger partial charge in [0.15, 0.2) is 22.5 Å². The summed E-state index contributed by atoms with van der Waals surface area (Å²) >= 11 is 2.47. The Kier molecular flexibility index (Phi) is 11.2. The Morgan fingerprint density at radius 1 is 0.930 bits per heavy atom. The summed E-state index contributed by atoms with van der Waals surface area (Å²) < 4.78 is 24.6. The summed E-state index contributed by atoms with van der Waals surface area (Å²) in [6.07, 6.45) is 0. The molecule has 0 aliphatic carbocycles. The van der Waals surface area contributed by atoms with E-state index in [0.717, 1.165) is 5.01 Å². The van der Waals surface area contributed by atoms with Gasteiger partial charge in [-0.1, -0.05) is 35.2 Å². The second-order valence-electron chi connectivity index (χ2n) is 8.65. The van der Waals surface area contributed by atoms with Crippen LogP contribution in [-0.2, 0) is 11.3 Å². The van der Waals surface area contributed by atoms with Crippen LogP contribution in [-0.4, -0.2) is 69.5 Å². The fraction of sp³-hybridized carbons (Fsp3) is 0.357. The number of benzene rings is 2. The predicted molar refractivity (Wildman–Crippen MR) is 163 cm³/mol. The Balaban J connectivity index is 1.58. The third kappa shape index (κ3) is 7.93. The predicted octanol–water partition coefficient (Wildman–Crippen LogP) is 4.29. The van der Waals surface area contributed by atoms with Crippen LogP contribution in [0.3, 0.4) is 0 Å². The number of anilines is 1. The summed E-state index contributed by atoms with van der Waals surface area (Å²) in [6, 6.07) is 10.6. The lowest BCUT2D eigenvalue weighted by atomic mass is 10.1. The Morgan fingerprint density at radius 2 is 1.63 bits per heavy atom. The van der Waals surface area contributed by atoms with E-state index >= 15 is 0 Å². The number of ether oxygens (including phenoxy) is 4. The number of carbonyl (C=O) groups excluding carboxylic acids is 2. The number of methoxy groups -OCH3 is 1. The maximum absolute atomic E-state index is 13.4. The van der Waals surface area contributed by atoms with E-state index in [9.17, 15) is 9.59 Å². The molecule has 43 heavy (non-hydrogen) atoms. The normalized spacial score (nSPS) is 10.7. The van der Waals surface area contributed by atoms with Crippen LogP contribution in [0.5, 0.6) is 23.0 Å². The van der Waals surface area contributed by atoms with E-state index < -0.39 is 0 Å². The van der Waals surface area contributed by atoms with Crippen LogP contribution in [0.1, 0.15) is 42.0 Å². The van der Waals surface area contributed by atoms with E-state index in [-0.39, 0.29) is 24.1 Å². The van der Waals surface area contributed by atoms with Gasteiger partial charge in [-0.15, -0.1) is 20.4 Å². The minimum Gasteiger partial charge on any atom is -0.495 e. The molecule has 4 aromatic rings. The van der Waals surface area contributed by atoms with Crippen molar-refractivity contribution in [2.45, 2.75) is 39.4 Å². The molecule has 0 spiro atoms. The van der Waals surface area contributed by atoms with Gasteiger partial charge >= 0.3 is 0 Å². The van der Waals surface area contributed by atoms with E-state index in [1.54, 1.807) is 29.9 Å². The highest BCUT2D eigenvalue weighted by atomic mass is 32.2. The van der Waals surface area contributed by atoms with Crippen LogP contribution >= 0.6 is 23.1 Å². The molecule has 0 unspecified atom stereocenters. The Bertz CT molecular complexity index is 1530. The minimum absolute atomic E-state index is 0.0296. The summed E-state index contributed by atoms with van der Waals surface area (Å²) in [5.74, 6) is 1.69. The molecule has 2 N–H and O–H groups in total. The van der Waals surface area contributed by atoms with E-state index in [4.69, 9.17) is 18.9 Å². The number of aryl methyl sites for hydroxylation is 1. The highest BCUT2D eigenvalue weighted by molar-refractivity contribution is 7.99. The van der Waals surface area contributed by atoms with Crippen LogP contribution in [0, 0.1) is 6.92 Å². The molecule has 13 nitrogen and oxygen atoms in total. The Morgan fingerprint density at radius 3 is 2.26 bits per heavy atom. The van der Waals surface area contributed by atoms with Gasteiger partial charge < -0.3 is 24.3 Å². The van der Waals surface area contributed by atoms with E-state index in [2.05, 4.69) is 31.0 Å². The third-order valence-electron chi connectivity index (χ3n) is 5.71. The Labute approximate surface area is 257 Å². The van der Waals surface area contributed by atoms with Gasteiger partial charge in [-0.2, -0.15) is 0 Å². The molecule has 2 amide bonds. The van der Waals surface area contributed by atoms with E-state index in [1.807, 2.05) is 45.9 Å². The SMILES string of the molecule is CCOc1cc(C(=O)NCc2nnc(SCC(=O)Nc3nnc(C)s3)n2-c2ccccc2OC)cc(OCC)c1OCC. The number of para-hydroxylation sites is 2. The van der Waals surface area contributed by atoms with Crippen LogP contribution in [0.2, 0.25) is 0 Å². The zero-order chi connectivity index (χ0) is 30.8. The molecule has 15 heteroatoms. The number of rotatable bonds is 15. The molecular weight excluding hydrogens is 594 g/mol. The van der Waals surface area contributed by atoms with Crippen LogP contribution in [0.15, 0.2) is 41.6 Å². The lowest BCUT2D eigenvalue weighted by Gasteiger charge is -2.17. The van der Waals surface area contributed by atoms with Crippen molar-refractivity contribution in [3.63, 3.8) is 0 Å². The molecule has 2 heterocycles. The molecule has 0 aliphatic heterocycles. The van der Waals surface area contributed by atoms with Gasteiger partial charge in [-0.3, -0.25) is 19.5 Å². The van der Waals surface area contributed by atoms with Gasteiger partial charge in [-0.25, -0.2) is 0 Å². The maximum Gasteiger partial charge on any atom is 0.251 e. The molecular formula is C28H33N7O6S2. The van der Waals surface area contributed by atoms with Gasteiger partial charge in [0.25, 0.3) is 5.91 Å². The highest BCUT2D eigenvalue weighted by Crippen LogP contribution is 2.39. The Hall–Kier alpha value is -4.37. The smallest absolute Gasteiger partial charge is 0.251 e. The third-order valence-corrected chi connectivity index (χ3v) is 7.39. The fourth-order valence-electron chi connectivity index (χ4n) is 3.98. The zero-order valence-electron chi connectivity index (χ0n) is 24.5. The number of carbonyl (C=O) groups is 2. The molecule has 4 rings (SSSR count). The molecule has 0 aliphatic rings. The standard InChI is InChI=1S/C28H33N7O6S2/c1-6-39-21-13-18(14-22(40-7-2)25(21)41-8-3)26(37)29-15-23-32-34-28(35(23)19-11-9-10-12-20(19)38-5)42-16-24(36)30-27-33-31-17(4)43-27/h9-14H,6-8,15-16H2,1-5H3,(H,29,37)(H,30,33,36). The van der Waals surface area contributed by atoms with Gasteiger partial charge in [0.1, 0.15) is 10.8 Å². The van der Waals surface area contributed by atoms with Crippen molar-refractivity contribution in [1.82, 2.24) is 30.3 Å². The number of hydrogen-bond donors (Lipinski definition) is 2. The van der Waals surface area contributed by atoms with Crippen molar-refractivity contribution in [3.8, 4) is 28.7 Å². The van der Waals surface area contributed by atoms with Crippen molar-refractivity contribution in [2.24, 2.45) is 0 Å². The summed E-state index contributed by atoms with van der Waals surface area (Å²) in [5, 5.41) is 23.7. The fourth-order valence-corrected chi connectivity index (χ4v) is 5.35. The summed E-state index contributed by atoms with van der Waals surface area (Å²) in [6.45, 7) is 8.59. The molecule has 0 saturated heterocycles. The summed E-state index contributed by atoms with van der Waals surface area (Å²) in [7, 11) is 1.56. The molecule has 2 aromatic carbocycles. The van der Waals surface area contributed by atoms with Crippen LogP contribution in [0.25, 0.3) is 5.69 Å². The molecule has 228 valence electrons. The summed E-state index contributed by atoms with van der Waals surface area (Å²) in [5.41, 5.74) is 0.983.